The van der Waals surface area contributed by atoms with Crippen molar-refractivity contribution in [1.29, 1.82) is 5.41 Å². The summed E-state index contributed by atoms with van der Waals surface area (Å²) in [5, 5.41) is 15.7. The highest BCUT2D eigenvalue weighted by Crippen LogP contribution is 2.46. The molecule has 2 aromatic carbocycles. The fourth-order valence-electron chi connectivity index (χ4n) is 3.17. The lowest BCUT2D eigenvalue weighted by molar-refractivity contribution is 0.778. The highest BCUT2D eigenvalue weighted by molar-refractivity contribution is 5.91. The van der Waals surface area contributed by atoms with Crippen molar-refractivity contribution in [3.8, 4) is 11.4 Å². The Kier molecular flexibility index (Phi) is 3.95. The average Bonchev–Trinajstić information content (AvgIpc) is 3.40. The number of nitrogens with two attached hydrogens (primary N) is 1. The van der Waals surface area contributed by atoms with Crippen LogP contribution in [0.5, 0.6) is 0 Å². The van der Waals surface area contributed by atoms with Crippen molar-refractivity contribution in [3.05, 3.63) is 53.1 Å². The van der Waals surface area contributed by atoms with Gasteiger partial charge in [-0.05, 0) is 43.4 Å². The van der Waals surface area contributed by atoms with Gasteiger partial charge in [-0.25, -0.2) is 4.68 Å². The summed E-state index contributed by atoms with van der Waals surface area (Å²) in [6.45, 7) is 2.06. The summed E-state index contributed by atoms with van der Waals surface area (Å²) in [7, 11) is 1.87. The van der Waals surface area contributed by atoms with Gasteiger partial charge in [0, 0.05) is 35.8 Å². The first kappa shape index (κ1) is 16.3. The first-order valence-corrected chi connectivity index (χ1v) is 8.74. The van der Waals surface area contributed by atoms with E-state index >= 15 is 0 Å². The van der Waals surface area contributed by atoms with Crippen molar-refractivity contribution in [2.45, 2.75) is 25.7 Å². The van der Waals surface area contributed by atoms with Crippen molar-refractivity contribution in [1.82, 2.24) is 14.8 Å². The minimum absolute atomic E-state index is 0.461. The summed E-state index contributed by atoms with van der Waals surface area (Å²) >= 11 is 0. The Morgan fingerprint density at radius 2 is 1.92 bits per heavy atom. The van der Waals surface area contributed by atoms with Crippen molar-refractivity contribution in [3.63, 3.8) is 0 Å². The Morgan fingerprint density at radius 1 is 1.19 bits per heavy atom. The van der Waals surface area contributed by atoms with Crippen LogP contribution in [-0.2, 0) is 7.05 Å². The molecule has 1 aliphatic rings. The number of nitrogen functional groups attached to an aromatic ring is 1. The molecular weight excluding hydrogens is 324 g/mol. The van der Waals surface area contributed by atoms with Gasteiger partial charge < -0.3 is 16.5 Å². The quantitative estimate of drug-likeness (QED) is 0.481. The zero-order chi connectivity index (χ0) is 18.3. The fourth-order valence-corrected chi connectivity index (χ4v) is 3.17. The Hall–Kier alpha value is -3.15. The third-order valence-corrected chi connectivity index (χ3v) is 4.77. The van der Waals surface area contributed by atoms with Crippen LogP contribution in [-0.4, -0.2) is 21.0 Å². The van der Waals surface area contributed by atoms with Gasteiger partial charge in [-0.15, -0.1) is 5.10 Å². The number of rotatable bonds is 5. The van der Waals surface area contributed by atoms with Crippen LogP contribution in [0.4, 0.5) is 17.3 Å². The van der Waals surface area contributed by atoms with E-state index < -0.39 is 0 Å². The molecule has 1 aliphatic carbocycles. The summed E-state index contributed by atoms with van der Waals surface area (Å²) in [5.41, 5.74) is 11.8. The molecule has 0 atom stereocenters. The lowest BCUT2D eigenvalue weighted by atomic mass is 10.00. The molecule has 0 unspecified atom stereocenters. The van der Waals surface area contributed by atoms with E-state index in [1.54, 1.807) is 4.68 Å². The number of benzene rings is 2. The molecule has 0 aliphatic heterocycles. The van der Waals surface area contributed by atoms with Gasteiger partial charge >= 0.3 is 0 Å². The first-order valence-electron chi connectivity index (χ1n) is 8.74. The molecule has 1 saturated carbocycles. The normalized spacial score (nSPS) is 13.6. The molecule has 6 nitrogen and oxygen atoms in total. The van der Waals surface area contributed by atoms with Crippen LogP contribution in [0.3, 0.4) is 0 Å². The van der Waals surface area contributed by atoms with Gasteiger partial charge in [-0.1, -0.05) is 29.8 Å². The Morgan fingerprint density at radius 3 is 2.58 bits per heavy atom. The molecule has 26 heavy (non-hydrogen) atoms. The molecule has 0 radical (unpaired) electrons. The summed E-state index contributed by atoms with van der Waals surface area (Å²) in [6.07, 6.45) is 3.61. The third-order valence-electron chi connectivity index (χ3n) is 4.77. The Bertz CT molecular complexity index is 967. The summed E-state index contributed by atoms with van der Waals surface area (Å²) < 4.78 is 1.74. The minimum Gasteiger partial charge on any atom is -0.398 e. The zero-order valence-corrected chi connectivity index (χ0v) is 15.0. The molecule has 4 N–H and O–H groups in total. The highest BCUT2D eigenvalue weighted by Gasteiger charge is 2.29. The van der Waals surface area contributed by atoms with E-state index in [1.807, 2.05) is 31.3 Å². The van der Waals surface area contributed by atoms with Gasteiger partial charge in [0.05, 0.1) is 0 Å². The second kappa shape index (κ2) is 6.29. The first-order chi connectivity index (χ1) is 12.6. The predicted octanol–water partition coefficient (Wildman–Crippen LogP) is 3.99. The van der Waals surface area contributed by atoms with E-state index in [0.29, 0.717) is 23.4 Å². The smallest absolute Gasteiger partial charge is 0.225 e. The van der Waals surface area contributed by atoms with Crippen LogP contribution in [0.2, 0.25) is 0 Å². The maximum atomic E-state index is 7.73. The second-order valence-corrected chi connectivity index (χ2v) is 6.82. The Balaban J connectivity index is 1.70. The van der Waals surface area contributed by atoms with Crippen molar-refractivity contribution in [2.75, 3.05) is 11.1 Å². The van der Waals surface area contributed by atoms with Gasteiger partial charge in [0.1, 0.15) is 0 Å². The standard InChI is InChI=1S/C20H22N6/c1-12-3-5-14(6-4-12)19-24-20(26(2)25-19)23-17-10-9-16(22)15(11-21)18(17)13-7-8-13/h3-6,9-11,13,21H,7-8,22H2,1-2H3,(H,23,24,25). The molecule has 132 valence electrons. The van der Waals surface area contributed by atoms with E-state index in [2.05, 4.69) is 34.5 Å². The number of nitrogens with one attached hydrogen (secondary N) is 2. The fraction of sp³-hybridized carbons (Fsp3) is 0.250. The molecule has 0 bridgehead atoms. The maximum Gasteiger partial charge on any atom is 0.225 e. The van der Waals surface area contributed by atoms with E-state index in [4.69, 9.17) is 11.1 Å². The van der Waals surface area contributed by atoms with Gasteiger partial charge in [0.15, 0.2) is 5.82 Å². The van der Waals surface area contributed by atoms with Crippen molar-refractivity contribution < 1.29 is 0 Å². The Labute approximate surface area is 152 Å². The molecule has 3 aromatic rings. The number of hydrogen-bond acceptors (Lipinski definition) is 5. The number of nitrogens with zero attached hydrogens (tertiary/aromatic N) is 3. The molecular formula is C20H22N6. The molecule has 0 spiro atoms. The van der Waals surface area contributed by atoms with E-state index in [0.717, 1.165) is 35.2 Å². The molecule has 0 saturated heterocycles. The largest absolute Gasteiger partial charge is 0.398 e. The van der Waals surface area contributed by atoms with E-state index in [-0.39, 0.29) is 0 Å². The maximum absolute atomic E-state index is 7.73. The number of aromatic nitrogens is 3. The van der Waals surface area contributed by atoms with Crippen LogP contribution < -0.4 is 11.1 Å². The van der Waals surface area contributed by atoms with E-state index in [9.17, 15) is 0 Å². The topological polar surface area (TPSA) is 92.6 Å². The van der Waals surface area contributed by atoms with Crippen LogP contribution in [0, 0.1) is 12.3 Å². The van der Waals surface area contributed by atoms with Crippen molar-refractivity contribution in [2.24, 2.45) is 7.05 Å². The highest BCUT2D eigenvalue weighted by atomic mass is 15.4. The zero-order valence-electron chi connectivity index (χ0n) is 15.0. The lowest BCUT2D eigenvalue weighted by Crippen LogP contribution is -2.06. The number of hydrogen-bond donors (Lipinski definition) is 3. The molecule has 1 heterocycles. The molecule has 4 rings (SSSR count). The van der Waals surface area contributed by atoms with Gasteiger partial charge in [-0.3, -0.25) is 0 Å². The predicted molar refractivity (Wildman–Crippen MR) is 105 cm³/mol. The van der Waals surface area contributed by atoms with Gasteiger partial charge in [-0.2, -0.15) is 4.98 Å². The summed E-state index contributed by atoms with van der Waals surface area (Å²) in [4.78, 5) is 4.66. The minimum atomic E-state index is 0.461. The van der Waals surface area contributed by atoms with Crippen LogP contribution in [0.15, 0.2) is 36.4 Å². The van der Waals surface area contributed by atoms with Crippen LogP contribution in [0.25, 0.3) is 11.4 Å². The molecule has 1 fully saturated rings. The summed E-state index contributed by atoms with van der Waals surface area (Å²) in [5.74, 6) is 1.82. The molecule has 1 aromatic heterocycles. The van der Waals surface area contributed by atoms with Gasteiger partial charge in [0.2, 0.25) is 5.95 Å². The second-order valence-electron chi connectivity index (χ2n) is 6.82. The lowest BCUT2D eigenvalue weighted by Gasteiger charge is -2.15. The van der Waals surface area contributed by atoms with Gasteiger partial charge in [0.25, 0.3) is 0 Å². The average molecular weight is 346 g/mol. The SMILES string of the molecule is Cc1ccc(-c2nc(Nc3ccc(N)c(C=N)c3C3CC3)n(C)n2)cc1. The van der Waals surface area contributed by atoms with Crippen LogP contribution in [0.1, 0.15) is 35.4 Å². The number of aryl methyl sites for hydroxylation is 2. The van der Waals surface area contributed by atoms with Crippen LogP contribution >= 0.6 is 0 Å². The molecule has 0 amide bonds. The monoisotopic (exact) mass is 346 g/mol. The molecule has 6 heteroatoms. The van der Waals surface area contributed by atoms with E-state index in [1.165, 1.54) is 11.8 Å². The number of anilines is 3. The third kappa shape index (κ3) is 2.94. The van der Waals surface area contributed by atoms with Crippen molar-refractivity contribution >= 4 is 23.5 Å². The summed E-state index contributed by atoms with van der Waals surface area (Å²) in [6, 6.07) is 12.0.